The Labute approximate surface area is 89.8 Å². The Morgan fingerprint density at radius 3 is 2.47 bits per heavy atom. The smallest absolute Gasteiger partial charge is 0.264 e. The quantitative estimate of drug-likeness (QED) is 0.592. The van der Waals surface area contributed by atoms with Crippen LogP contribution in [0.1, 0.15) is 39.6 Å². The molecule has 1 aromatic rings. The molecule has 0 N–H and O–H groups in total. The Morgan fingerprint density at radius 2 is 2.07 bits per heavy atom. The van der Waals surface area contributed by atoms with Crippen molar-refractivity contribution in [3.8, 4) is 0 Å². The van der Waals surface area contributed by atoms with Gasteiger partial charge in [-0.25, -0.2) is 8.78 Å². The van der Waals surface area contributed by atoms with Gasteiger partial charge in [-0.1, -0.05) is 11.6 Å². The van der Waals surface area contributed by atoms with Gasteiger partial charge in [0.15, 0.2) is 12.1 Å². The van der Waals surface area contributed by atoms with Crippen molar-refractivity contribution in [1.29, 1.82) is 0 Å². The van der Waals surface area contributed by atoms with Crippen LogP contribution < -0.4 is 0 Å². The molecule has 0 saturated carbocycles. The van der Waals surface area contributed by atoms with Gasteiger partial charge < -0.3 is 0 Å². The predicted molar refractivity (Wildman–Crippen MR) is 51.8 cm³/mol. The third-order valence-electron chi connectivity index (χ3n) is 1.91. The minimum Gasteiger partial charge on any atom is -0.298 e. The number of ketones is 1. The largest absolute Gasteiger partial charge is 0.298 e. The van der Waals surface area contributed by atoms with Crippen molar-refractivity contribution in [1.82, 2.24) is 0 Å². The molecule has 0 unspecified atom stereocenters. The zero-order valence-corrected chi connectivity index (χ0v) is 8.52. The second kappa shape index (κ2) is 4.49. The summed E-state index contributed by atoms with van der Waals surface area (Å²) in [6.45, 7) is 1.22. The summed E-state index contributed by atoms with van der Waals surface area (Å²) in [5.41, 5.74) is -0.669. The van der Waals surface area contributed by atoms with Crippen molar-refractivity contribution in [2.24, 2.45) is 0 Å². The molecule has 0 saturated heterocycles. The van der Waals surface area contributed by atoms with E-state index in [0.717, 1.165) is 12.1 Å². The van der Waals surface area contributed by atoms with E-state index in [1.807, 2.05) is 0 Å². The van der Waals surface area contributed by atoms with Crippen molar-refractivity contribution >= 4 is 23.7 Å². The molecule has 0 aliphatic carbocycles. The molecule has 0 amide bonds. The van der Waals surface area contributed by atoms with Gasteiger partial charge in [-0.3, -0.25) is 9.59 Å². The monoisotopic (exact) mass is 232 g/mol. The van der Waals surface area contributed by atoms with E-state index < -0.39 is 17.8 Å². The molecule has 5 heteroatoms. The summed E-state index contributed by atoms with van der Waals surface area (Å²) >= 11 is 5.66. The number of hydrogen-bond acceptors (Lipinski definition) is 2. The molecule has 1 rings (SSSR count). The lowest BCUT2D eigenvalue weighted by Gasteiger charge is -2.07. The predicted octanol–water partition coefficient (Wildman–Crippen LogP) is 3.29. The molecule has 0 heterocycles. The molecule has 0 atom stereocenters. The zero-order valence-electron chi connectivity index (χ0n) is 7.76. The number of carbonyl (C=O) groups is 2. The first-order chi connectivity index (χ1) is 6.97. The van der Waals surface area contributed by atoms with Crippen molar-refractivity contribution in [2.75, 3.05) is 0 Å². The number of rotatable bonds is 3. The molecular formula is C10H7ClF2O2. The van der Waals surface area contributed by atoms with Crippen LogP contribution in [0.4, 0.5) is 8.78 Å². The summed E-state index contributed by atoms with van der Waals surface area (Å²) in [6.07, 6.45) is -2.52. The average molecular weight is 233 g/mol. The van der Waals surface area contributed by atoms with Gasteiger partial charge in [0.05, 0.1) is 5.02 Å². The number of carbonyl (C=O) groups excluding carboxylic acids is 2. The first-order valence-electron chi connectivity index (χ1n) is 4.05. The van der Waals surface area contributed by atoms with Gasteiger partial charge in [-0.05, 0) is 19.1 Å². The molecule has 1 aromatic carbocycles. The molecule has 0 radical (unpaired) electrons. The van der Waals surface area contributed by atoms with Crippen molar-refractivity contribution in [3.05, 3.63) is 33.8 Å². The van der Waals surface area contributed by atoms with Gasteiger partial charge in [-0.2, -0.15) is 0 Å². The molecule has 0 aliphatic rings. The van der Waals surface area contributed by atoms with E-state index in [9.17, 15) is 18.4 Å². The van der Waals surface area contributed by atoms with Crippen LogP contribution in [-0.2, 0) is 0 Å². The Bertz CT molecular complexity index is 416. The van der Waals surface area contributed by atoms with Crippen LogP contribution in [0.5, 0.6) is 0 Å². The van der Waals surface area contributed by atoms with Gasteiger partial charge in [0, 0.05) is 16.7 Å². The Kier molecular flexibility index (Phi) is 3.52. The number of benzene rings is 1. The van der Waals surface area contributed by atoms with Gasteiger partial charge in [-0.15, -0.1) is 0 Å². The molecule has 0 aliphatic heterocycles. The maximum Gasteiger partial charge on any atom is 0.264 e. The minimum absolute atomic E-state index is 0.00225. The molecule has 2 nitrogen and oxygen atoms in total. The molecular weight excluding hydrogens is 226 g/mol. The molecule has 0 spiro atoms. The second-order valence-corrected chi connectivity index (χ2v) is 3.34. The van der Waals surface area contributed by atoms with Crippen LogP contribution in [0, 0.1) is 0 Å². The van der Waals surface area contributed by atoms with E-state index in [2.05, 4.69) is 0 Å². The van der Waals surface area contributed by atoms with Crippen LogP contribution in [0.2, 0.25) is 5.02 Å². The molecule has 0 fully saturated rings. The molecule has 0 bridgehead atoms. The van der Waals surface area contributed by atoms with Crippen molar-refractivity contribution in [2.45, 2.75) is 13.3 Å². The van der Waals surface area contributed by atoms with Crippen molar-refractivity contribution < 1.29 is 18.4 Å². The normalized spacial score (nSPS) is 10.5. The fourth-order valence-corrected chi connectivity index (χ4v) is 1.47. The summed E-state index contributed by atoms with van der Waals surface area (Å²) in [5, 5.41) is 0.00833. The number of aldehydes is 1. The van der Waals surface area contributed by atoms with E-state index in [0.29, 0.717) is 0 Å². The van der Waals surface area contributed by atoms with Crippen LogP contribution in [0.15, 0.2) is 12.1 Å². The van der Waals surface area contributed by atoms with Crippen molar-refractivity contribution in [3.63, 3.8) is 0 Å². The van der Waals surface area contributed by atoms with Gasteiger partial charge in [0.25, 0.3) is 6.43 Å². The first kappa shape index (κ1) is 11.8. The summed E-state index contributed by atoms with van der Waals surface area (Å²) in [5.74, 6) is -0.417. The minimum atomic E-state index is -2.81. The zero-order chi connectivity index (χ0) is 11.6. The van der Waals surface area contributed by atoms with Crippen LogP contribution in [0.3, 0.4) is 0 Å². The van der Waals surface area contributed by atoms with Crippen LogP contribution in [0.25, 0.3) is 0 Å². The topological polar surface area (TPSA) is 34.1 Å². The Balaban J connectivity index is 3.43. The van der Waals surface area contributed by atoms with Gasteiger partial charge in [0.1, 0.15) is 0 Å². The van der Waals surface area contributed by atoms with E-state index in [1.54, 1.807) is 0 Å². The maximum atomic E-state index is 12.5. The highest BCUT2D eigenvalue weighted by atomic mass is 35.5. The summed E-state index contributed by atoms with van der Waals surface area (Å²) < 4.78 is 25.0. The Hall–Kier alpha value is -1.29. The average Bonchev–Trinajstić information content (AvgIpc) is 2.16. The Morgan fingerprint density at radius 1 is 1.47 bits per heavy atom. The highest BCUT2D eigenvalue weighted by molar-refractivity contribution is 6.34. The third-order valence-corrected chi connectivity index (χ3v) is 2.23. The lowest BCUT2D eigenvalue weighted by Crippen LogP contribution is -2.00. The van der Waals surface area contributed by atoms with Crippen LogP contribution >= 0.6 is 11.6 Å². The fourth-order valence-electron chi connectivity index (χ4n) is 1.17. The summed E-state index contributed by atoms with van der Waals surface area (Å²) in [6, 6.07) is 2.03. The maximum absolute atomic E-state index is 12.5. The SMILES string of the molecule is CC(=O)c1cc(C(F)F)c(C=O)cc1Cl. The number of Topliss-reactive ketones (excluding diaryl/α,β-unsaturated/α-hetero) is 1. The van der Waals surface area contributed by atoms with Crippen LogP contribution in [-0.4, -0.2) is 12.1 Å². The third kappa shape index (κ3) is 2.39. The summed E-state index contributed by atoms with van der Waals surface area (Å²) in [4.78, 5) is 21.5. The number of hydrogen-bond donors (Lipinski definition) is 0. The van der Waals surface area contributed by atoms with E-state index in [-0.39, 0.29) is 22.4 Å². The van der Waals surface area contributed by atoms with E-state index >= 15 is 0 Å². The highest BCUT2D eigenvalue weighted by Gasteiger charge is 2.17. The number of alkyl halides is 2. The summed E-state index contributed by atoms with van der Waals surface area (Å²) in [7, 11) is 0. The molecule has 15 heavy (non-hydrogen) atoms. The lowest BCUT2D eigenvalue weighted by molar-refractivity contribution is 0.101. The van der Waals surface area contributed by atoms with E-state index in [4.69, 9.17) is 11.6 Å². The van der Waals surface area contributed by atoms with Gasteiger partial charge in [0.2, 0.25) is 0 Å². The second-order valence-electron chi connectivity index (χ2n) is 2.94. The lowest BCUT2D eigenvalue weighted by atomic mass is 10.0. The number of halogens is 3. The molecule has 0 aromatic heterocycles. The van der Waals surface area contributed by atoms with Gasteiger partial charge >= 0.3 is 0 Å². The highest BCUT2D eigenvalue weighted by Crippen LogP contribution is 2.28. The fraction of sp³-hybridized carbons (Fsp3) is 0.200. The first-order valence-corrected chi connectivity index (χ1v) is 4.43. The standard InChI is InChI=1S/C10H7ClF2O2/c1-5(15)7-3-8(10(12)13)6(4-14)2-9(7)11/h2-4,10H,1H3. The van der Waals surface area contributed by atoms with E-state index in [1.165, 1.54) is 6.92 Å². The molecule has 80 valence electrons.